The molecule has 0 radical (unpaired) electrons. The molecule has 1 atom stereocenters. The number of hydrogen-bond acceptors (Lipinski definition) is 3. The number of carbonyl (C=O) groups is 3. The van der Waals surface area contributed by atoms with E-state index in [0.29, 0.717) is 12.1 Å². The van der Waals surface area contributed by atoms with Gasteiger partial charge in [-0.15, -0.1) is 0 Å². The molecule has 0 aliphatic carbocycles. The van der Waals surface area contributed by atoms with Crippen molar-refractivity contribution >= 4 is 17.8 Å². The quantitative estimate of drug-likeness (QED) is 0.643. The van der Waals surface area contributed by atoms with Crippen LogP contribution in [0.25, 0.3) is 0 Å². The molecule has 32 heavy (non-hydrogen) atoms. The molecule has 1 saturated heterocycles. The van der Waals surface area contributed by atoms with Crippen LogP contribution in [0.4, 0.5) is 4.79 Å². The van der Waals surface area contributed by atoms with Gasteiger partial charge in [-0.2, -0.15) is 0 Å². The third kappa shape index (κ3) is 4.86. The van der Waals surface area contributed by atoms with E-state index in [1.165, 1.54) is 4.90 Å². The summed E-state index contributed by atoms with van der Waals surface area (Å²) < 4.78 is 0. The van der Waals surface area contributed by atoms with Gasteiger partial charge in [0.2, 0.25) is 5.91 Å². The van der Waals surface area contributed by atoms with Crippen molar-refractivity contribution < 1.29 is 14.4 Å². The second kappa shape index (κ2) is 9.47. The summed E-state index contributed by atoms with van der Waals surface area (Å²) in [6.07, 6.45) is 0.219. The summed E-state index contributed by atoms with van der Waals surface area (Å²) >= 11 is 0. The Bertz CT molecular complexity index is 1080. The number of imide groups is 1. The van der Waals surface area contributed by atoms with Gasteiger partial charge in [0.1, 0.15) is 0 Å². The fourth-order valence-electron chi connectivity index (χ4n) is 3.81. The average molecular weight is 428 g/mol. The van der Waals surface area contributed by atoms with Crippen molar-refractivity contribution in [1.82, 2.24) is 15.1 Å². The number of hydrogen-bond donors (Lipinski definition) is 1. The van der Waals surface area contributed by atoms with Crippen LogP contribution in [0.1, 0.15) is 39.5 Å². The first kappa shape index (κ1) is 21.3. The molecule has 6 nitrogen and oxygen atoms in total. The van der Waals surface area contributed by atoms with Crippen molar-refractivity contribution in [2.24, 2.45) is 0 Å². The predicted molar refractivity (Wildman–Crippen MR) is 122 cm³/mol. The zero-order chi connectivity index (χ0) is 22.5. The standard InChI is InChI=1S/C26H25N3O3/c1-28(17-19-8-4-2-5-9-19)25(31)22-14-12-20(13-15-22)18-29-24(30)16-23(27-26(29)32)21-10-6-3-7-11-21/h2-15,23H,16-18H2,1H3,(H,27,32). The van der Waals surface area contributed by atoms with Crippen LogP contribution in [0.2, 0.25) is 0 Å². The summed E-state index contributed by atoms with van der Waals surface area (Å²) in [5.74, 6) is -0.303. The molecule has 1 fully saturated rings. The van der Waals surface area contributed by atoms with E-state index in [2.05, 4.69) is 5.32 Å². The number of urea groups is 1. The maximum Gasteiger partial charge on any atom is 0.324 e. The van der Waals surface area contributed by atoms with Crippen molar-refractivity contribution in [1.29, 1.82) is 0 Å². The Kier molecular flexibility index (Phi) is 6.31. The van der Waals surface area contributed by atoms with Crippen LogP contribution in [-0.2, 0) is 17.9 Å². The summed E-state index contributed by atoms with van der Waals surface area (Å²) in [5.41, 5.74) is 3.32. The lowest BCUT2D eigenvalue weighted by Gasteiger charge is -2.31. The molecule has 1 heterocycles. The van der Waals surface area contributed by atoms with Gasteiger partial charge < -0.3 is 10.2 Å². The fourth-order valence-corrected chi connectivity index (χ4v) is 3.81. The van der Waals surface area contributed by atoms with Crippen LogP contribution >= 0.6 is 0 Å². The van der Waals surface area contributed by atoms with Gasteiger partial charge >= 0.3 is 6.03 Å². The Balaban J connectivity index is 1.37. The van der Waals surface area contributed by atoms with Gasteiger partial charge in [-0.25, -0.2) is 4.79 Å². The van der Waals surface area contributed by atoms with Crippen molar-refractivity contribution in [3.05, 3.63) is 107 Å². The molecule has 1 N–H and O–H groups in total. The van der Waals surface area contributed by atoms with Gasteiger partial charge in [0.05, 0.1) is 19.0 Å². The molecule has 4 rings (SSSR count). The normalized spacial score (nSPS) is 15.9. The molecule has 6 heteroatoms. The molecule has 1 unspecified atom stereocenters. The first-order chi connectivity index (χ1) is 15.5. The number of rotatable bonds is 6. The van der Waals surface area contributed by atoms with Gasteiger partial charge in [-0.05, 0) is 28.8 Å². The van der Waals surface area contributed by atoms with Crippen LogP contribution < -0.4 is 5.32 Å². The van der Waals surface area contributed by atoms with E-state index in [1.54, 1.807) is 36.2 Å². The molecule has 0 bridgehead atoms. The fraction of sp³-hybridized carbons (Fsp3) is 0.192. The second-order valence-corrected chi connectivity index (χ2v) is 7.94. The lowest BCUT2D eigenvalue weighted by molar-refractivity contribution is -0.130. The van der Waals surface area contributed by atoms with E-state index < -0.39 is 6.03 Å². The van der Waals surface area contributed by atoms with Gasteiger partial charge in [-0.3, -0.25) is 14.5 Å². The van der Waals surface area contributed by atoms with E-state index in [1.807, 2.05) is 60.7 Å². The Hall–Kier alpha value is -3.93. The first-order valence-electron chi connectivity index (χ1n) is 10.6. The van der Waals surface area contributed by atoms with E-state index in [0.717, 1.165) is 16.7 Å². The molecule has 162 valence electrons. The Morgan fingerprint density at radius 2 is 1.53 bits per heavy atom. The molecule has 1 aliphatic heterocycles. The van der Waals surface area contributed by atoms with E-state index in [4.69, 9.17) is 0 Å². The largest absolute Gasteiger partial charge is 0.337 e. The van der Waals surface area contributed by atoms with E-state index in [-0.39, 0.29) is 30.8 Å². The third-order valence-corrected chi connectivity index (χ3v) is 5.58. The van der Waals surface area contributed by atoms with Gasteiger partial charge in [-0.1, -0.05) is 72.8 Å². The maximum absolute atomic E-state index is 12.7. The zero-order valence-electron chi connectivity index (χ0n) is 17.9. The van der Waals surface area contributed by atoms with Crippen LogP contribution in [-0.4, -0.2) is 34.7 Å². The minimum Gasteiger partial charge on any atom is -0.337 e. The number of nitrogens with zero attached hydrogens (tertiary/aromatic N) is 2. The summed E-state index contributed by atoms with van der Waals surface area (Å²) in [5, 5.41) is 2.91. The summed E-state index contributed by atoms with van der Waals surface area (Å²) in [4.78, 5) is 40.8. The molecule has 0 saturated carbocycles. The highest BCUT2D eigenvalue weighted by Gasteiger charge is 2.32. The Morgan fingerprint density at radius 1 is 0.906 bits per heavy atom. The number of nitrogens with one attached hydrogen (secondary N) is 1. The van der Waals surface area contributed by atoms with Crippen LogP contribution in [0.15, 0.2) is 84.9 Å². The highest BCUT2D eigenvalue weighted by atomic mass is 16.2. The van der Waals surface area contributed by atoms with Gasteiger partial charge in [0.15, 0.2) is 0 Å². The molecular formula is C26H25N3O3. The minimum absolute atomic E-state index is 0.0853. The van der Waals surface area contributed by atoms with E-state index >= 15 is 0 Å². The summed E-state index contributed by atoms with van der Waals surface area (Å²) in [6, 6.07) is 25.6. The minimum atomic E-state index is -0.405. The number of amides is 4. The molecule has 4 amide bonds. The van der Waals surface area contributed by atoms with Crippen molar-refractivity contribution in [2.45, 2.75) is 25.6 Å². The molecule has 0 spiro atoms. The SMILES string of the molecule is CN(Cc1ccccc1)C(=O)c1ccc(CN2C(=O)CC(c3ccccc3)NC2=O)cc1. The first-order valence-corrected chi connectivity index (χ1v) is 10.6. The predicted octanol–water partition coefficient (Wildman–Crippen LogP) is 4.14. The van der Waals surface area contributed by atoms with Crippen molar-refractivity contribution in [3.63, 3.8) is 0 Å². The van der Waals surface area contributed by atoms with Crippen LogP contribution in [0.3, 0.4) is 0 Å². The zero-order valence-corrected chi connectivity index (χ0v) is 17.9. The van der Waals surface area contributed by atoms with Gasteiger partial charge in [0.25, 0.3) is 5.91 Å². The highest BCUT2D eigenvalue weighted by Crippen LogP contribution is 2.23. The topological polar surface area (TPSA) is 69.7 Å². The molecule has 1 aliphatic rings. The highest BCUT2D eigenvalue weighted by molar-refractivity contribution is 5.97. The number of carbonyl (C=O) groups excluding carboxylic acids is 3. The average Bonchev–Trinajstić information content (AvgIpc) is 2.82. The monoisotopic (exact) mass is 427 g/mol. The Morgan fingerprint density at radius 3 is 2.16 bits per heavy atom. The van der Waals surface area contributed by atoms with E-state index in [9.17, 15) is 14.4 Å². The second-order valence-electron chi connectivity index (χ2n) is 7.94. The molecule has 0 aromatic heterocycles. The summed E-state index contributed by atoms with van der Waals surface area (Å²) in [6.45, 7) is 0.687. The lowest BCUT2D eigenvalue weighted by Crippen LogP contribution is -2.50. The Labute approximate surface area is 187 Å². The maximum atomic E-state index is 12.7. The van der Waals surface area contributed by atoms with Gasteiger partial charge in [0, 0.05) is 19.2 Å². The lowest BCUT2D eigenvalue weighted by atomic mass is 10.0. The van der Waals surface area contributed by atoms with Crippen LogP contribution in [0, 0.1) is 0 Å². The van der Waals surface area contributed by atoms with Crippen LogP contribution in [0.5, 0.6) is 0 Å². The van der Waals surface area contributed by atoms with Crippen molar-refractivity contribution in [2.75, 3.05) is 7.05 Å². The molecular weight excluding hydrogens is 402 g/mol. The smallest absolute Gasteiger partial charge is 0.324 e. The molecule has 3 aromatic rings. The third-order valence-electron chi connectivity index (χ3n) is 5.58. The molecule has 3 aromatic carbocycles. The van der Waals surface area contributed by atoms with Crippen molar-refractivity contribution in [3.8, 4) is 0 Å². The summed E-state index contributed by atoms with van der Waals surface area (Å²) in [7, 11) is 1.77. The number of benzene rings is 3.